The van der Waals surface area contributed by atoms with Crippen LogP contribution in [0.2, 0.25) is 5.02 Å². The molecule has 1 aromatic heterocycles. The molecular formula is C17H14ClFN4. The van der Waals surface area contributed by atoms with Gasteiger partial charge in [-0.3, -0.25) is 0 Å². The van der Waals surface area contributed by atoms with Gasteiger partial charge in [0.1, 0.15) is 23.8 Å². The van der Waals surface area contributed by atoms with Gasteiger partial charge in [-0.25, -0.2) is 14.4 Å². The number of benzene rings is 2. The zero-order chi connectivity index (χ0) is 16.2. The fraction of sp³-hybridized carbons (Fsp3) is 0.0588. The molecule has 0 spiro atoms. The quantitative estimate of drug-likeness (QED) is 0.702. The molecule has 0 atom stereocenters. The molecule has 0 amide bonds. The van der Waals surface area contributed by atoms with E-state index in [1.807, 2.05) is 19.1 Å². The first-order chi connectivity index (χ1) is 11.1. The van der Waals surface area contributed by atoms with Crippen LogP contribution in [-0.2, 0) is 0 Å². The molecule has 0 aliphatic heterocycles. The molecule has 6 heteroatoms. The summed E-state index contributed by atoms with van der Waals surface area (Å²) < 4.78 is 13.7. The molecule has 1 heterocycles. The monoisotopic (exact) mass is 328 g/mol. The summed E-state index contributed by atoms with van der Waals surface area (Å²) in [7, 11) is 0. The van der Waals surface area contributed by atoms with Crippen LogP contribution in [0.15, 0.2) is 54.9 Å². The van der Waals surface area contributed by atoms with Crippen LogP contribution < -0.4 is 10.6 Å². The second kappa shape index (κ2) is 6.62. The third kappa shape index (κ3) is 3.76. The van der Waals surface area contributed by atoms with Gasteiger partial charge in [-0.05, 0) is 42.8 Å². The molecule has 3 aromatic rings. The van der Waals surface area contributed by atoms with Crippen LogP contribution in [0.1, 0.15) is 5.56 Å². The maximum absolute atomic E-state index is 13.7. The van der Waals surface area contributed by atoms with Gasteiger partial charge < -0.3 is 10.6 Å². The van der Waals surface area contributed by atoms with E-state index < -0.39 is 0 Å². The minimum absolute atomic E-state index is 0.339. The summed E-state index contributed by atoms with van der Waals surface area (Å²) in [6, 6.07) is 13.7. The Kier molecular flexibility index (Phi) is 4.39. The molecule has 2 N–H and O–H groups in total. The lowest BCUT2D eigenvalue weighted by Crippen LogP contribution is -2.00. The number of nitrogens with zero attached hydrogens (tertiary/aromatic N) is 2. The first-order valence-electron chi connectivity index (χ1n) is 6.98. The van der Waals surface area contributed by atoms with E-state index in [4.69, 9.17) is 11.6 Å². The van der Waals surface area contributed by atoms with Crippen molar-refractivity contribution in [2.45, 2.75) is 6.92 Å². The number of hydrogen-bond acceptors (Lipinski definition) is 4. The van der Waals surface area contributed by atoms with Gasteiger partial charge in [0.05, 0.1) is 5.69 Å². The molecule has 0 fully saturated rings. The van der Waals surface area contributed by atoms with Crippen LogP contribution >= 0.6 is 11.6 Å². The number of anilines is 4. The average molecular weight is 329 g/mol. The predicted octanol–water partition coefficient (Wildman–Crippen LogP) is 5.06. The molecule has 0 bridgehead atoms. The number of halogens is 2. The molecule has 0 aliphatic rings. The zero-order valence-corrected chi connectivity index (χ0v) is 13.1. The van der Waals surface area contributed by atoms with Gasteiger partial charge in [-0.2, -0.15) is 0 Å². The van der Waals surface area contributed by atoms with Crippen LogP contribution in [0.25, 0.3) is 0 Å². The number of hydrogen-bond donors (Lipinski definition) is 2. The van der Waals surface area contributed by atoms with Crippen molar-refractivity contribution in [1.82, 2.24) is 9.97 Å². The summed E-state index contributed by atoms with van der Waals surface area (Å²) in [5.41, 5.74) is 2.25. The summed E-state index contributed by atoms with van der Waals surface area (Å²) in [5, 5.41) is 6.81. The molecule has 0 radical (unpaired) electrons. The van der Waals surface area contributed by atoms with Crippen molar-refractivity contribution in [3.8, 4) is 0 Å². The molecule has 4 nitrogen and oxygen atoms in total. The first-order valence-corrected chi connectivity index (χ1v) is 7.36. The standard InChI is InChI=1S/C17H14ClFN4/c1-11-8-12(18)6-7-14(11)22-16-9-17(21-10-20-16)23-15-5-3-2-4-13(15)19/h2-10H,1H3,(H2,20,21,22,23). The van der Waals surface area contributed by atoms with E-state index in [1.54, 1.807) is 30.3 Å². The van der Waals surface area contributed by atoms with Crippen LogP contribution in [0.5, 0.6) is 0 Å². The van der Waals surface area contributed by atoms with Crippen LogP contribution in [0.4, 0.5) is 27.4 Å². The highest BCUT2D eigenvalue weighted by molar-refractivity contribution is 6.30. The van der Waals surface area contributed by atoms with Crippen molar-refractivity contribution < 1.29 is 4.39 Å². The Morgan fingerprint density at radius 1 is 0.913 bits per heavy atom. The van der Waals surface area contributed by atoms with Gasteiger partial charge in [0.15, 0.2) is 0 Å². The van der Waals surface area contributed by atoms with Gasteiger partial charge in [-0.1, -0.05) is 23.7 Å². The Balaban J connectivity index is 1.81. The highest BCUT2D eigenvalue weighted by Crippen LogP contribution is 2.24. The van der Waals surface area contributed by atoms with Crippen molar-refractivity contribution in [3.63, 3.8) is 0 Å². The van der Waals surface area contributed by atoms with Crippen LogP contribution in [0, 0.1) is 12.7 Å². The van der Waals surface area contributed by atoms with Gasteiger partial charge >= 0.3 is 0 Å². The molecule has 0 saturated carbocycles. The maximum Gasteiger partial charge on any atom is 0.146 e. The van der Waals surface area contributed by atoms with Crippen molar-refractivity contribution in [2.75, 3.05) is 10.6 Å². The van der Waals surface area contributed by atoms with Crippen molar-refractivity contribution in [3.05, 3.63) is 71.3 Å². The second-order valence-electron chi connectivity index (χ2n) is 4.98. The topological polar surface area (TPSA) is 49.8 Å². The van der Waals surface area contributed by atoms with Crippen molar-refractivity contribution in [1.29, 1.82) is 0 Å². The Labute approximate surface area is 138 Å². The zero-order valence-electron chi connectivity index (χ0n) is 12.3. The molecule has 3 rings (SSSR count). The second-order valence-corrected chi connectivity index (χ2v) is 5.41. The fourth-order valence-electron chi connectivity index (χ4n) is 2.10. The van der Waals surface area contributed by atoms with Gasteiger partial charge in [0.25, 0.3) is 0 Å². The number of aryl methyl sites for hydroxylation is 1. The van der Waals surface area contributed by atoms with E-state index in [2.05, 4.69) is 20.6 Å². The lowest BCUT2D eigenvalue weighted by atomic mass is 10.2. The van der Waals surface area contributed by atoms with Gasteiger partial charge in [-0.15, -0.1) is 0 Å². The third-order valence-corrected chi connectivity index (χ3v) is 3.49. The largest absolute Gasteiger partial charge is 0.340 e. The normalized spacial score (nSPS) is 10.4. The van der Waals surface area contributed by atoms with Crippen molar-refractivity contribution in [2.24, 2.45) is 0 Å². The smallest absolute Gasteiger partial charge is 0.146 e. The average Bonchev–Trinajstić information content (AvgIpc) is 2.53. The molecule has 0 aliphatic carbocycles. The van der Waals surface area contributed by atoms with Gasteiger partial charge in [0, 0.05) is 16.8 Å². The molecule has 116 valence electrons. The molecule has 2 aromatic carbocycles. The Morgan fingerprint density at radius 3 is 2.30 bits per heavy atom. The van der Waals surface area contributed by atoms with Gasteiger partial charge in [0.2, 0.25) is 0 Å². The van der Waals surface area contributed by atoms with E-state index >= 15 is 0 Å². The fourth-order valence-corrected chi connectivity index (χ4v) is 2.33. The summed E-state index contributed by atoms with van der Waals surface area (Å²) in [6.45, 7) is 1.95. The molecule has 0 unspecified atom stereocenters. The number of nitrogens with one attached hydrogen (secondary N) is 2. The van der Waals surface area contributed by atoms with E-state index in [0.717, 1.165) is 11.3 Å². The third-order valence-electron chi connectivity index (χ3n) is 3.25. The number of rotatable bonds is 4. The predicted molar refractivity (Wildman–Crippen MR) is 91.2 cm³/mol. The highest BCUT2D eigenvalue weighted by atomic mass is 35.5. The summed E-state index contributed by atoms with van der Waals surface area (Å²) in [4.78, 5) is 8.28. The first kappa shape index (κ1) is 15.2. The minimum atomic E-state index is -0.339. The maximum atomic E-state index is 13.7. The molecule has 0 saturated heterocycles. The molecule has 23 heavy (non-hydrogen) atoms. The molecular weight excluding hydrogens is 315 g/mol. The Hall–Kier alpha value is -2.66. The van der Waals surface area contributed by atoms with E-state index in [-0.39, 0.29) is 5.82 Å². The van der Waals surface area contributed by atoms with Crippen molar-refractivity contribution >= 4 is 34.6 Å². The Morgan fingerprint density at radius 2 is 1.61 bits per heavy atom. The minimum Gasteiger partial charge on any atom is -0.340 e. The lowest BCUT2D eigenvalue weighted by Gasteiger charge is -2.11. The summed E-state index contributed by atoms with van der Waals surface area (Å²) in [6.07, 6.45) is 1.41. The van der Waals surface area contributed by atoms with E-state index in [0.29, 0.717) is 22.3 Å². The highest BCUT2D eigenvalue weighted by Gasteiger charge is 2.05. The van der Waals surface area contributed by atoms with Crippen LogP contribution in [0.3, 0.4) is 0 Å². The summed E-state index contributed by atoms with van der Waals surface area (Å²) in [5.74, 6) is 0.762. The van der Waals surface area contributed by atoms with E-state index in [9.17, 15) is 4.39 Å². The van der Waals surface area contributed by atoms with E-state index in [1.165, 1.54) is 12.4 Å². The number of para-hydroxylation sites is 1. The van der Waals surface area contributed by atoms with Crippen LogP contribution in [-0.4, -0.2) is 9.97 Å². The lowest BCUT2D eigenvalue weighted by molar-refractivity contribution is 0.632. The SMILES string of the molecule is Cc1cc(Cl)ccc1Nc1cc(Nc2ccccc2F)ncn1. The summed E-state index contributed by atoms with van der Waals surface area (Å²) >= 11 is 5.95. The Bertz CT molecular complexity index is 838. The number of aromatic nitrogens is 2.